The number of urea groups is 1. The molecule has 5 nitrogen and oxygen atoms in total. The second kappa shape index (κ2) is 7.09. The van der Waals surface area contributed by atoms with E-state index in [2.05, 4.69) is 22.9 Å². The van der Waals surface area contributed by atoms with Gasteiger partial charge in [0.05, 0.1) is 0 Å². The van der Waals surface area contributed by atoms with Crippen molar-refractivity contribution in [2.75, 3.05) is 13.1 Å². The lowest BCUT2D eigenvalue weighted by Crippen LogP contribution is -2.50. The maximum absolute atomic E-state index is 11.4. The number of hydrogen-bond acceptors (Lipinski definition) is 2. The van der Waals surface area contributed by atoms with Crippen LogP contribution in [0.4, 0.5) is 4.79 Å². The Balaban J connectivity index is 2.07. The summed E-state index contributed by atoms with van der Waals surface area (Å²) in [6.45, 7) is 3.39. The third-order valence-corrected chi connectivity index (χ3v) is 2.67. The van der Waals surface area contributed by atoms with Gasteiger partial charge in [-0.1, -0.05) is 19.8 Å². The molecule has 1 aliphatic heterocycles. The Labute approximate surface area is 96.4 Å². The zero-order chi connectivity index (χ0) is 11.8. The first-order valence-electron chi connectivity index (χ1n) is 6.03. The molecule has 16 heavy (non-hydrogen) atoms. The second-order valence-corrected chi connectivity index (χ2v) is 4.15. The van der Waals surface area contributed by atoms with Gasteiger partial charge in [-0.05, 0) is 12.8 Å². The van der Waals surface area contributed by atoms with Gasteiger partial charge >= 0.3 is 6.03 Å². The smallest absolute Gasteiger partial charge is 0.315 e. The van der Waals surface area contributed by atoms with E-state index in [4.69, 9.17) is 0 Å². The van der Waals surface area contributed by atoms with E-state index in [1.807, 2.05) is 0 Å². The van der Waals surface area contributed by atoms with E-state index in [0.717, 1.165) is 32.2 Å². The van der Waals surface area contributed by atoms with Crippen LogP contribution in [0.3, 0.4) is 0 Å². The predicted octanol–water partition coefficient (Wildman–Crippen LogP) is 0.754. The molecule has 3 N–H and O–H groups in total. The lowest BCUT2D eigenvalue weighted by Gasteiger charge is -2.23. The minimum Gasteiger partial charge on any atom is -0.354 e. The van der Waals surface area contributed by atoms with Crippen molar-refractivity contribution in [3.05, 3.63) is 0 Å². The molecule has 92 valence electrons. The molecular weight excluding hydrogens is 206 g/mol. The SMILES string of the molecule is CCCCCNC(=O)NC1CCC(=O)NC1. The van der Waals surface area contributed by atoms with Crippen molar-refractivity contribution in [2.45, 2.75) is 45.1 Å². The molecule has 0 aromatic rings. The Morgan fingerprint density at radius 3 is 2.94 bits per heavy atom. The zero-order valence-corrected chi connectivity index (χ0v) is 9.84. The molecule has 3 amide bonds. The summed E-state index contributed by atoms with van der Waals surface area (Å²) in [7, 11) is 0. The van der Waals surface area contributed by atoms with Gasteiger partial charge in [-0.25, -0.2) is 4.79 Å². The topological polar surface area (TPSA) is 70.2 Å². The highest BCUT2D eigenvalue weighted by Crippen LogP contribution is 2.02. The lowest BCUT2D eigenvalue weighted by molar-refractivity contribution is -0.122. The first kappa shape index (κ1) is 12.8. The normalized spacial score (nSPS) is 20.1. The number of nitrogens with one attached hydrogen (secondary N) is 3. The molecule has 1 atom stereocenters. The van der Waals surface area contributed by atoms with Gasteiger partial charge in [0.1, 0.15) is 0 Å². The van der Waals surface area contributed by atoms with Crippen molar-refractivity contribution in [1.82, 2.24) is 16.0 Å². The summed E-state index contributed by atoms with van der Waals surface area (Å²) in [5.74, 6) is 0.0707. The lowest BCUT2D eigenvalue weighted by atomic mass is 10.1. The number of amides is 3. The highest BCUT2D eigenvalue weighted by Gasteiger charge is 2.18. The summed E-state index contributed by atoms with van der Waals surface area (Å²) >= 11 is 0. The van der Waals surface area contributed by atoms with Crippen LogP contribution in [0.2, 0.25) is 0 Å². The molecule has 0 saturated carbocycles. The van der Waals surface area contributed by atoms with Crippen LogP contribution < -0.4 is 16.0 Å². The Bertz CT molecular complexity index is 233. The molecule has 1 heterocycles. The number of carbonyl (C=O) groups is 2. The molecule has 0 aliphatic carbocycles. The summed E-state index contributed by atoms with van der Waals surface area (Å²) in [6.07, 6.45) is 4.54. The molecule has 1 aliphatic rings. The van der Waals surface area contributed by atoms with E-state index < -0.39 is 0 Å². The van der Waals surface area contributed by atoms with Gasteiger partial charge < -0.3 is 16.0 Å². The van der Waals surface area contributed by atoms with E-state index in [1.165, 1.54) is 0 Å². The fourth-order valence-electron chi connectivity index (χ4n) is 1.67. The quantitative estimate of drug-likeness (QED) is 0.607. The van der Waals surface area contributed by atoms with Gasteiger partial charge in [-0.2, -0.15) is 0 Å². The van der Waals surface area contributed by atoms with Crippen molar-refractivity contribution >= 4 is 11.9 Å². The van der Waals surface area contributed by atoms with Crippen LogP contribution in [-0.4, -0.2) is 31.1 Å². The van der Waals surface area contributed by atoms with Gasteiger partial charge in [0, 0.05) is 25.6 Å². The number of piperidine rings is 1. The molecule has 1 fully saturated rings. The first-order chi connectivity index (χ1) is 7.72. The standard InChI is InChI=1S/C11H21N3O2/c1-2-3-4-7-12-11(16)14-9-5-6-10(15)13-8-9/h9H,2-8H2,1H3,(H,13,15)(H2,12,14,16). The largest absolute Gasteiger partial charge is 0.354 e. The highest BCUT2D eigenvalue weighted by molar-refractivity contribution is 5.78. The van der Waals surface area contributed by atoms with Gasteiger partial charge in [0.2, 0.25) is 5.91 Å². The molecule has 0 aromatic heterocycles. The van der Waals surface area contributed by atoms with Crippen molar-refractivity contribution in [1.29, 1.82) is 0 Å². The predicted molar refractivity (Wildman–Crippen MR) is 62.1 cm³/mol. The Kier molecular flexibility index (Phi) is 5.67. The first-order valence-corrected chi connectivity index (χ1v) is 6.03. The molecule has 1 rings (SSSR count). The van der Waals surface area contributed by atoms with Crippen molar-refractivity contribution < 1.29 is 9.59 Å². The molecule has 1 unspecified atom stereocenters. The highest BCUT2D eigenvalue weighted by atomic mass is 16.2. The molecule has 1 saturated heterocycles. The van der Waals surface area contributed by atoms with Crippen LogP contribution in [0.1, 0.15) is 39.0 Å². The maximum atomic E-state index is 11.4. The average molecular weight is 227 g/mol. The molecule has 0 radical (unpaired) electrons. The summed E-state index contributed by atoms with van der Waals surface area (Å²) in [6, 6.07) is -0.0545. The minimum absolute atomic E-state index is 0.0707. The van der Waals surface area contributed by atoms with E-state index in [1.54, 1.807) is 0 Å². The van der Waals surface area contributed by atoms with E-state index >= 15 is 0 Å². The number of unbranched alkanes of at least 4 members (excludes halogenated alkanes) is 2. The van der Waals surface area contributed by atoms with E-state index in [9.17, 15) is 9.59 Å². The third kappa shape index (κ3) is 5.00. The second-order valence-electron chi connectivity index (χ2n) is 4.15. The summed E-state index contributed by atoms with van der Waals surface area (Å²) in [5.41, 5.74) is 0. The monoisotopic (exact) mass is 227 g/mol. The molecule has 0 spiro atoms. The molecule has 0 bridgehead atoms. The fourth-order valence-corrected chi connectivity index (χ4v) is 1.67. The third-order valence-electron chi connectivity index (χ3n) is 2.67. The van der Waals surface area contributed by atoms with Crippen LogP contribution in [0.15, 0.2) is 0 Å². The Morgan fingerprint density at radius 2 is 2.31 bits per heavy atom. The van der Waals surface area contributed by atoms with Crippen LogP contribution in [-0.2, 0) is 4.79 Å². The van der Waals surface area contributed by atoms with Crippen LogP contribution >= 0.6 is 0 Å². The minimum atomic E-state index is -0.128. The molecule has 0 aromatic carbocycles. The van der Waals surface area contributed by atoms with Gasteiger partial charge in [0.15, 0.2) is 0 Å². The Morgan fingerprint density at radius 1 is 1.50 bits per heavy atom. The van der Waals surface area contributed by atoms with Gasteiger partial charge in [-0.3, -0.25) is 4.79 Å². The molecular formula is C11H21N3O2. The number of carbonyl (C=O) groups excluding carboxylic acids is 2. The van der Waals surface area contributed by atoms with E-state index in [-0.39, 0.29) is 18.0 Å². The number of hydrogen-bond donors (Lipinski definition) is 3. The van der Waals surface area contributed by atoms with Crippen LogP contribution in [0, 0.1) is 0 Å². The van der Waals surface area contributed by atoms with Crippen molar-refractivity contribution in [3.8, 4) is 0 Å². The Hall–Kier alpha value is -1.26. The van der Waals surface area contributed by atoms with Crippen LogP contribution in [0.25, 0.3) is 0 Å². The van der Waals surface area contributed by atoms with Crippen molar-refractivity contribution in [3.63, 3.8) is 0 Å². The fraction of sp³-hybridized carbons (Fsp3) is 0.818. The summed E-state index contributed by atoms with van der Waals surface area (Å²) < 4.78 is 0. The summed E-state index contributed by atoms with van der Waals surface area (Å²) in [4.78, 5) is 22.3. The number of rotatable bonds is 5. The van der Waals surface area contributed by atoms with Crippen molar-refractivity contribution in [2.24, 2.45) is 0 Å². The molecule has 5 heteroatoms. The summed E-state index contributed by atoms with van der Waals surface area (Å²) in [5, 5.41) is 8.40. The zero-order valence-electron chi connectivity index (χ0n) is 9.84. The maximum Gasteiger partial charge on any atom is 0.315 e. The van der Waals surface area contributed by atoms with Gasteiger partial charge in [-0.15, -0.1) is 0 Å². The average Bonchev–Trinajstić information content (AvgIpc) is 2.28. The van der Waals surface area contributed by atoms with E-state index in [0.29, 0.717) is 13.0 Å². The van der Waals surface area contributed by atoms with Gasteiger partial charge in [0.25, 0.3) is 0 Å². The van der Waals surface area contributed by atoms with Crippen LogP contribution in [0.5, 0.6) is 0 Å².